The molecular formula is C23H24N2O5S. The zero-order valence-electron chi connectivity index (χ0n) is 17.9. The highest BCUT2D eigenvalue weighted by Gasteiger charge is 2.20. The highest BCUT2D eigenvalue weighted by atomic mass is 32.1. The largest absolute Gasteiger partial charge is 0.465 e. The van der Waals surface area contributed by atoms with Crippen LogP contribution < -0.4 is 14.3 Å². The van der Waals surface area contributed by atoms with E-state index in [1.807, 2.05) is 18.2 Å². The number of carbonyl (C=O) groups is 2. The molecule has 0 N–H and O–H groups in total. The molecule has 8 heteroatoms. The van der Waals surface area contributed by atoms with E-state index in [2.05, 4.69) is 25.8 Å². The predicted octanol–water partition coefficient (Wildman–Crippen LogP) is 4.03. The lowest BCUT2D eigenvalue weighted by molar-refractivity contribution is -0.143. The topological polar surface area (TPSA) is 79.1 Å². The summed E-state index contributed by atoms with van der Waals surface area (Å²) < 4.78 is 18.5. The summed E-state index contributed by atoms with van der Waals surface area (Å²) in [5.41, 5.74) is 2.36. The van der Waals surface area contributed by atoms with Gasteiger partial charge in [0.25, 0.3) is 5.91 Å². The minimum Gasteiger partial charge on any atom is -0.465 e. The highest BCUT2D eigenvalue weighted by Crippen LogP contribution is 2.37. The van der Waals surface area contributed by atoms with Gasteiger partial charge in [0.2, 0.25) is 6.79 Å². The molecule has 7 nitrogen and oxygen atoms in total. The number of hydrogen-bond donors (Lipinski definition) is 0. The summed E-state index contributed by atoms with van der Waals surface area (Å²) in [6.07, 6.45) is 0. The van der Waals surface area contributed by atoms with Gasteiger partial charge in [-0.25, -0.2) is 0 Å². The van der Waals surface area contributed by atoms with Crippen LogP contribution >= 0.6 is 11.3 Å². The Morgan fingerprint density at radius 3 is 2.45 bits per heavy atom. The first kappa shape index (κ1) is 21.1. The van der Waals surface area contributed by atoms with Gasteiger partial charge in [0, 0.05) is 17.7 Å². The van der Waals surface area contributed by atoms with Crippen molar-refractivity contribution in [3.8, 4) is 11.5 Å². The van der Waals surface area contributed by atoms with E-state index in [9.17, 15) is 9.59 Å². The van der Waals surface area contributed by atoms with E-state index in [4.69, 9.17) is 14.2 Å². The number of thiazole rings is 1. The molecule has 0 saturated carbocycles. The molecule has 4 rings (SSSR count). The van der Waals surface area contributed by atoms with Crippen molar-refractivity contribution in [2.24, 2.45) is 4.99 Å². The van der Waals surface area contributed by atoms with Crippen LogP contribution in [0.1, 0.15) is 43.6 Å². The third-order valence-corrected chi connectivity index (χ3v) is 6.01. The van der Waals surface area contributed by atoms with Crippen LogP contribution in [0.2, 0.25) is 0 Å². The fourth-order valence-electron chi connectivity index (χ4n) is 3.30. The Balaban J connectivity index is 1.77. The minimum atomic E-state index is -0.400. The molecule has 0 spiro atoms. The number of rotatable bonds is 4. The van der Waals surface area contributed by atoms with Crippen molar-refractivity contribution in [2.75, 3.05) is 13.4 Å². The average molecular weight is 441 g/mol. The molecule has 1 aliphatic heterocycles. The molecular weight excluding hydrogens is 416 g/mol. The number of fused-ring (bicyclic) bond motifs is 2. The zero-order valence-corrected chi connectivity index (χ0v) is 18.7. The molecule has 0 radical (unpaired) electrons. The van der Waals surface area contributed by atoms with Crippen molar-refractivity contribution in [3.63, 3.8) is 0 Å². The number of nitrogens with zero attached hydrogens (tertiary/aromatic N) is 2. The molecule has 0 atom stereocenters. The van der Waals surface area contributed by atoms with E-state index in [0.29, 0.717) is 21.9 Å². The Labute approximate surface area is 183 Å². The average Bonchev–Trinajstić information content (AvgIpc) is 3.30. The number of hydrogen-bond acceptors (Lipinski definition) is 6. The summed E-state index contributed by atoms with van der Waals surface area (Å²) in [7, 11) is 0. The van der Waals surface area contributed by atoms with E-state index in [1.54, 1.807) is 29.7 Å². The SMILES string of the molecule is CCOC(=O)Cn1c(=NC(=O)c2ccc(C(C)(C)C)cc2)sc2cc3c(cc21)OCO3. The van der Waals surface area contributed by atoms with Gasteiger partial charge in [-0.15, -0.1) is 0 Å². The lowest BCUT2D eigenvalue weighted by Gasteiger charge is -2.18. The van der Waals surface area contributed by atoms with Gasteiger partial charge in [-0.1, -0.05) is 44.2 Å². The van der Waals surface area contributed by atoms with Crippen LogP contribution in [0.3, 0.4) is 0 Å². The van der Waals surface area contributed by atoms with Gasteiger partial charge >= 0.3 is 5.97 Å². The van der Waals surface area contributed by atoms with Gasteiger partial charge in [-0.05, 0) is 30.0 Å². The van der Waals surface area contributed by atoms with Crippen LogP contribution in [-0.4, -0.2) is 29.8 Å². The monoisotopic (exact) mass is 440 g/mol. The molecule has 2 heterocycles. The molecule has 1 amide bonds. The standard InChI is InChI=1S/C23H24N2O5S/c1-5-28-20(26)12-25-16-10-17-18(30-13-29-17)11-19(16)31-22(25)24-21(27)14-6-8-15(9-7-14)23(2,3)4/h6-11H,5,12-13H2,1-4H3. The summed E-state index contributed by atoms with van der Waals surface area (Å²) in [4.78, 5) is 29.8. The maximum atomic E-state index is 12.9. The Morgan fingerprint density at radius 1 is 1.13 bits per heavy atom. The number of amides is 1. The van der Waals surface area contributed by atoms with E-state index >= 15 is 0 Å². The Kier molecular flexibility index (Phi) is 5.58. The van der Waals surface area contributed by atoms with Crippen molar-refractivity contribution in [1.29, 1.82) is 0 Å². The molecule has 0 bridgehead atoms. The van der Waals surface area contributed by atoms with E-state index in [-0.39, 0.29) is 31.3 Å². The number of ether oxygens (including phenoxy) is 3. The highest BCUT2D eigenvalue weighted by molar-refractivity contribution is 7.16. The number of aromatic nitrogens is 1. The fourth-order valence-corrected chi connectivity index (χ4v) is 4.34. The van der Waals surface area contributed by atoms with Crippen LogP contribution in [0.5, 0.6) is 11.5 Å². The van der Waals surface area contributed by atoms with Gasteiger partial charge in [-0.3, -0.25) is 9.59 Å². The van der Waals surface area contributed by atoms with Crippen LogP contribution in [0.15, 0.2) is 41.4 Å². The third-order valence-electron chi connectivity index (χ3n) is 4.96. The van der Waals surface area contributed by atoms with E-state index in [1.165, 1.54) is 11.3 Å². The second-order valence-electron chi connectivity index (χ2n) is 8.19. The Hall–Kier alpha value is -3.13. The van der Waals surface area contributed by atoms with Gasteiger partial charge < -0.3 is 18.8 Å². The molecule has 162 valence electrons. The summed E-state index contributed by atoms with van der Waals surface area (Å²) in [5.74, 6) is 0.458. The predicted molar refractivity (Wildman–Crippen MR) is 118 cm³/mol. The quantitative estimate of drug-likeness (QED) is 0.572. The molecule has 2 aromatic carbocycles. The van der Waals surface area contributed by atoms with Crippen molar-refractivity contribution >= 4 is 33.4 Å². The molecule has 0 saturated heterocycles. The molecule has 3 aromatic rings. The van der Waals surface area contributed by atoms with Gasteiger partial charge in [0.1, 0.15) is 6.54 Å². The molecule has 1 aromatic heterocycles. The van der Waals surface area contributed by atoms with E-state index in [0.717, 1.165) is 15.8 Å². The maximum Gasteiger partial charge on any atom is 0.326 e. The number of esters is 1. The maximum absolute atomic E-state index is 12.9. The summed E-state index contributed by atoms with van der Waals surface area (Å²) >= 11 is 1.31. The van der Waals surface area contributed by atoms with Gasteiger partial charge in [0.15, 0.2) is 16.3 Å². The summed E-state index contributed by atoms with van der Waals surface area (Å²) in [6, 6.07) is 11.1. The first-order valence-electron chi connectivity index (χ1n) is 10.0. The second-order valence-corrected chi connectivity index (χ2v) is 9.20. The normalized spacial score (nSPS) is 13.6. The van der Waals surface area contributed by atoms with Crippen LogP contribution in [0.4, 0.5) is 0 Å². The molecule has 0 aliphatic carbocycles. The molecule has 0 fully saturated rings. The Morgan fingerprint density at radius 2 is 1.81 bits per heavy atom. The fraction of sp³-hybridized carbons (Fsp3) is 0.348. The van der Waals surface area contributed by atoms with Crippen molar-refractivity contribution in [1.82, 2.24) is 4.57 Å². The smallest absolute Gasteiger partial charge is 0.326 e. The lowest BCUT2D eigenvalue weighted by Crippen LogP contribution is -2.23. The first-order chi connectivity index (χ1) is 14.8. The number of benzene rings is 2. The van der Waals surface area contributed by atoms with Crippen molar-refractivity contribution < 1.29 is 23.8 Å². The Bertz CT molecular complexity index is 1220. The third kappa shape index (κ3) is 4.34. The summed E-state index contributed by atoms with van der Waals surface area (Å²) in [6.45, 7) is 8.49. The molecule has 31 heavy (non-hydrogen) atoms. The van der Waals surface area contributed by atoms with Crippen LogP contribution in [0, 0.1) is 0 Å². The lowest BCUT2D eigenvalue weighted by atomic mass is 9.87. The molecule has 1 aliphatic rings. The van der Waals surface area contributed by atoms with E-state index < -0.39 is 5.97 Å². The van der Waals surface area contributed by atoms with Crippen molar-refractivity contribution in [2.45, 2.75) is 39.7 Å². The van der Waals surface area contributed by atoms with Crippen LogP contribution in [0.25, 0.3) is 10.2 Å². The van der Waals surface area contributed by atoms with Crippen LogP contribution in [-0.2, 0) is 21.5 Å². The minimum absolute atomic E-state index is 0.00258. The second kappa shape index (κ2) is 8.19. The zero-order chi connectivity index (χ0) is 22.2. The van der Waals surface area contributed by atoms with Crippen molar-refractivity contribution in [3.05, 3.63) is 52.3 Å². The summed E-state index contributed by atoms with van der Waals surface area (Å²) in [5, 5.41) is 0. The van der Waals surface area contributed by atoms with Gasteiger partial charge in [-0.2, -0.15) is 4.99 Å². The first-order valence-corrected chi connectivity index (χ1v) is 10.9. The molecule has 0 unspecified atom stereocenters. The van der Waals surface area contributed by atoms with Gasteiger partial charge in [0.05, 0.1) is 16.8 Å². The number of carbonyl (C=O) groups excluding carboxylic acids is 2.